The maximum atomic E-state index is 11.6. The van der Waals surface area contributed by atoms with Gasteiger partial charge in [0.15, 0.2) is 5.96 Å². The molecular formula is C15H29N3O2. The zero-order valence-corrected chi connectivity index (χ0v) is 13.1. The number of carbonyl (C=O) groups is 1. The van der Waals surface area contributed by atoms with Gasteiger partial charge in [0.25, 0.3) is 0 Å². The normalized spacial score (nSPS) is 17.9. The molecule has 0 aliphatic heterocycles. The Hall–Kier alpha value is -1.26. The van der Waals surface area contributed by atoms with Crippen LogP contribution >= 0.6 is 0 Å². The van der Waals surface area contributed by atoms with Crippen LogP contribution in [0.5, 0.6) is 0 Å². The minimum atomic E-state index is -0.0661. The molecule has 1 aliphatic rings. The van der Waals surface area contributed by atoms with Gasteiger partial charge in [0.1, 0.15) is 6.10 Å². The van der Waals surface area contributed by atoms with E-state index in [1.165, 1.54) is 12.8 Å². The molecule has 1 fully saturated rings. The minimum absolute atomic E-state index is 0.0661. The summed E-state index contributed by atoms with van der Waals surface area (Å²) in [5.74, 6) is 0.729. The van der Waals surface area contributed by atoms with Gasteiger partial charge in [0.2, 0.25) is 0 Å². The maximum absolute atomic E-state index is 11.6. The van der Waals surface area contributed by atoms with Gasteiger partial charge < -0.3 is 15.4 Å². The largest absolute Gasteiger partial charge is 0.462 e. The summed E-state index contributed by atoms with van der Waals surface area (Å²) < 4.78 is 5.41. The summed E-state index contributed by atoms with van der Waals surface area (Å²) in [5, 5.41) is 6.50. The smallest absolute Gasteiger partial charge is 0.306 e. The Labute approximate surface area is 122 Å². The summed E-state index contributed by atoms with van der Waals surface area (Å²) in [4.78, 5) is 15.8. The summed E-state index contributed by atoms with van der Waals surface area (Å²) >= 11 is 0. The molecule has 0 aromatic rings. The Bertz CT molecular complexity index is 312. The van der Waals surface area contributed by atoms with Gasteiger partial charge in [0, 0.05) is 26.1 Å². The van der Waals surface area contributed by atoms with Crippen molar-refractivity contribution in [1.82, 2.24) is 10.6 Å². The Balaban J connectivity index is 2.09. The van der Waals surface area contributed by atoms with Gasteiger partial charge >= 0.3 is 5.97 Å². The average Bonchev–Trinajstić information content (AvgIpc) is 2.94. The third-order valence-corrected chi connectivity index (χ3v) is 3.67. The molecule has 0 aromatic heterocycles. The van der Waals surface area contributed by atoms with E-state index in [1.54, 1.807) is 7.05 Å². The van der Waals surface area contributed by atoms with Gasteiger partial charge in [0.05, 0.1) is 0 Å². The molecular weight excluding hydrogens is 254 g/mol. The molecule has 1 aliphatic carbocycles. The van der Waals surface area contributed by atoms with Gasteiger partial charge in [-0.3, -0.25) is 9.79 Å². The summed E-state index contributed by atoms with van der Waals surface area (Å²) in [7, 11) is 1.76. The third-order valence-electron chi connectivity index (χ3n) is 3.67. The molecule has 0 radical (unpaired) electrons. The minimum Gasteiger partial charge on any atom is -0.462 e. The molecule has 20 heavy (non-hydrogen) atoms. The van der Waals surface area contributed by atoms with Crippen LogP contribution in [-0.2, 0) is 9.53 Å². The topological polar surface area (TPSA) is 62.7 Å². The highest BCUT2D eigenvalue weighted by Gasteiger charge is 2.18. The summed E-state index contributed by atoms with van der Waals surface area (Å²) in [5.41, 5.74) is 0. The first-order valence-corrected chi connectivity index (χ1v) is 7.82. The number of rotatable bonds is 7. The van der Waals surface area contributed by atoms with Crippen molar-refractivity contribution in [2.75, 3.05) is 13.6 Å². The van der Waals surface area contributed by atoms with Crippen molar-refractivity contribution in [3.63, 3.8) is 0 Å². The number of aliphatic imine (C=N–C) groups is 1. The fraction of sp³-hybridized carbons (Fsp3) is 0.867. The van der Waals surface area contributed by atoms with Crippen molar-refractivity contribution in [1.29, 1.82) is 0 Å². The van der Waals surface area contributed by atoms with Crippen LogP contribution in [0.4, 0.5) is 0 Å². The molecule has 5 nitrogen and oxygen atoms in total. The first-order valence-electron chi connectivity index (χ1n) is 7.82. The van der Waals surface area contributed by atoms with E-state index in [0.29, 0.717) is 12.5 Å². The second-order valence-electron chi connectivity index (χ2n) is 5.45. The van der Waals surface area contributed by atoms with E-state index in [2.05, 4.69) is 29.5 Å². The van der Waals surface area contributed by atoms with E-state index >= 15 is 0 Å². The van der Waals surface area contributed by atoms with Gasteiger partial charge in [-0.2, -0.15) is 0 Å². The van der Waals surface area contributed by atoms with Gasteiger partial charge in [-0.05, 0) is 45.4 Å². The Morgan fingerprint density at radius 1 is 1.40 bits per heavy atom. The highest BCUT2D eigenvalue weighted by Crippen LogP contribution is 2.21. The number of guanidine groups is 1. The zero-order chi connectivity index (χ0) is 14.8. The lowest BCUT2D eigenvalue weighted by atomic mass is 10.2. The van der Waals surface area contributed by atoms with Crippen molar-refractivity contribution in [2.24, 2.45) is 4.99 Å². The van der Waals surface area contributed by atoms with E-state index in [9.17, 15) is 4.79 Å². The number of hydrogen-bond donors (Lipinski definition) is 2. The van der Waals surface area contributed by atoms with E-state index < -0.39 is 0 Å². The highest BCUT2D eigenvalue weighted by atomic mass is 16.5. The fourth-order valence-electron chi connectivity index (χ4n) is 2.22. The number of nitrogens with one attached hydrogen (secondary N) is 2. The van der Waals surface area contributed by atoms with E-state index in [0.717, 1.165) is 38.2 Å². The first kappa shape index (κ1) is 16.8. The van der Waals surface area contributed by atoms with Crippen LogP contribution in [-0.4, -0.2) is 37.7 Å². The van der Waals surface area contributed by atoms with Gasteiger partial charge in [-0.1, -0.05) is 6.92 Å². The average molecular weight is 283 g/mol. The lowest BCUT2D eigenvalue weighted by Crippen LogP contribution is -2.42. The lowest BCUT2D eigenvalue weighted by molar-refractivity contribution is -0.148. The molecule has 1 unspecified atom stereocenters. The van der Waals surface area contributed by atoms with Crippen molar-refractivity contribution < 1.29 is 9.53 Å². The standard InChI is InChI=1S/C15H29N3O2/c1-4-12(2)18-15(16-3)17-11-7-10-14(19)20-13-8-5-6-9-13/h12-13H,4-11H2,1-3H3,(H2,16,17,18). The summed E-state index contributed by atoms with van der Waals surface area (Å²) in [6.45, 7) is 4.98. The molecule has 116 valence electrons. The molecule has 2 N–H and O–H groups in total. The molecule has 0 amide bonds. The van der Waals surface area contributed by atoms with Crippen LogP contribution in [0.15, 0.2) is 4.99 Å². The third kappa shape index (κ3) is 6.78. The van der Waals surface area contributed by atoms with Gasteiger partial charge in [-0.25, -0.2) is 0 Å². The Kier molecular flexibility index (Phi) is 8.07. The molecule has 5 heteroatoms. The second kappa shape index (κ2) is 9.61. The van der Waals surface area contributed by atoms with Gasteiger partial charge in [-0.15, -0.1) is 0 Å². The molecule has 0 heterocycles. The van der Waals surface area contributed by atoms with Crippen LogP contribution in [0, 0.1) is 0 Å². The summed E-state index contributed by atoms with van der Waals surface area (Å²) in [6.07, 6.45) is 6.93. The molecule has 0 saturated heterocycles. The highest BCUT2D eigenvalue weighted by molar-refractivity contribution is 5.79. The van der Waals surface area contributed by atoms with E-state index in [4.69, 9.17) is 4.74 Å². The second-order valence-corrected chi connectivity index (χ2v) is 5.45. The number of hydrogen-bond acceptors (Lipinski definition) is 3. The Morgan fingerprint density at radius 2 is 2.10 bits per heavy atom. The quantitative estimate of drug-likeness (QED) is 0.325. The van der Waals surface area contributed by atoms with Crippen LogP contribution in [0.2, 0.25) is 0 Å². The first-order chi connectivity index (χ1) is 9.65. The Morgan fingerprint density at radius 3 is 2.70 bits per heavy atom. The molecule has 1 saturated carbocycles. The van der Waals surface area contributed by atoms with Crippen LogP contribution in [0.3, 0.4) is 0 Å². The molecule has 1 atom stereocenters. The lowest BCUT2D eigenvalue weighted by Gasteiger charge is -2.16. The molecule has 1 rings (SSSR count). The summed E-state index contributed by atoms with van der Waals surface area (Å²) in [6, 6.07) is 0.397. The van der Waals surface area contributed by atoms with E-state index in [1.807, 2.05) is 0 Å². The maximum Gasteiger partial charge on any atom is 0.306 e. The predicted octanol–water partition coefficient (Wildman–Crippen LogP) is 2.22. The van der Waals surface area contributed by atoms with Crippen LogP contribution < -0.4 is 10.6 Å². The molecule has 0 spiro atoms. The number of esters is 1. The predicted molar refractivity (Wildman–Crippen MR) is 81.8 cm³/mol. The van der Waals surface area contributed by atoms with Crippen molar-refractivity contribution in [2.45, 2.75) is 70.9 Å². The van der Waals surface area contributed by atoms with Crippen LogP contribution in [0.25, 0.3) is 0 Å². The zero-order valence-electron chi connectivity index (χ0n) is 13.1. The van der Waals surface area contributed by atoms with Crippen molar-refractivity contribution in [3.05, 3.63) is 0 Å². The van der Waals surface area contributed by atoms with Crippen molar-refractivity contribution in [3.8, 4) is 0 Å². The fourth-order valence-corrected chi connectivity index (χ4v) is 2.22. The number of nitrogens with zero attached hydrogens (tertiary/aromatic N) is 1. The molecule has 0 bridgehead atoms. The number of ether oxygens (including phenoxy) is 1. The number of carbonyl (C=O) groups excluding carboxylic acids is 1. The molecule has 0 aromatic carbocycles. The SMILES string of the molecule is CCC(C)NC(=NC)NCCCC(=O)OC1CCCC1. The van der Waals surface area contributed by atoms with E-state index in [-0.39, 0.29) is 12.1 Å². The van der Waals surface area contributed by atoms with Crippen molar-refractivity contribution >= 4 is 11.9 Å². The van der Waals surface area contributed by atoms with Crippen LogP contribution in [0.1, 0.15) is 58.8 Å². The monoisotopic (exact) mass is 283 g/mol.